The summed E-state index contributed by atoms with van der Waals surface area (Å²) in [5, 5.41) is 15.1. The van der Waals surface area contributed by atoms with E-state index in [0.29, 0.717) is 18.7 Å². The summed E-state index contributed by atoms with van der Waals surface area (Å²) in [7, 11) is 0. The van der Waals surface area contributed by atoms with E-state index >= 15 is 0 Å². The van der Waals surface area contributed by atoms with Crippen molar-refractivity contribution in [2.45, 2.75) is 25.8 Å². The van der Waals surface area contributed by atoms with E-state index in [-0.39, 0.29) is 12.5 Å². The molecule has 1 aromatic rings. The third-order valence-corrected chi connectivity index (χ3v) is 3.00. The minimum atomic E-state index is -0.901. The predicted octanol–water partition coefficient (Wildman–Crippen LogP) is 0.187. The van der Waals surface area contributed by atoms with Gasteiger partial charge in [0.15, 0.2) is 5.82 Å². The average molecular weight is 239 g/mol. The second kappa shape index (κ2) is 4.94. The predicted molar refractivity (Wildman–Crippen MR) is 54.6 cm³/mol. The van der Waals surface area contributed by atoms with Gasteiger partial charge in [0.25, 0.3) is 0 Å². The van der Waals surface area contributed by atoms with Crippen LogP contribution in [0.3, 0.4) is 0 Å². The molecule has 92 valence electrons. The summed E-state index contributed by atoms with van der Waals surface area (Å²) in [6, 6.07) is 0. The van der Waals surface area contributed by atoms with Crippen molar-refractivity contribution < 1.29 is 19.2 Å². The van der Waals surface area contributed by atoms with Gasteiger partial charge in [-0.15, -0.1) is 0 Å². The van der Waals surface area contributed by atoms with E-state index in [4.69, 9.17) is 5.11 Å². The Bertz CT molecular complexity index is 404. The lowest BCUT2D eigenvalue weighted by molar-refractivity contribution is -0.146. The summed E-state index contributed by atoms with van der Waals surface area (Å²) in [5.41, 5.74) is 0. The van der Waals surface area contributed by atoms with Gasteiger partial charge in [-0.05, 0) is 12.8 Å². The van der Waals surface area contributed by atoms with Gasteiger partial charge in [-0.2, -0.15) is 4.98 Å². The highest BCUT2D eigenvalue weighted by molar-refractivity contribution is 5.85. The standard InChI is InChI=1S/C10H13N3O4/c14-9(11-4-8-12-5-17-13-8)6-2-1-3-7(6)10(15)16/h5-7H,1-4H2,(H,11,14)(H,15,16)/t6-,7+/m1/s1. The fraction of sp³-hybridized carbons (Fsp3) is 0.600. The monoisotopic (exact) mass is 239 g/mol. The Morgan fingerprint density at radius 2 is 2.24 bits per heavy atom. The molecule has 1 aromatic heterocycles. The molecule has 1 heterocycles. The number of nitrogens with zero attached hydrogens (tertiary/aromatic N) is 2. The van der Waals surface area contributed by atoms with Crippen LogP contribution in [0.1, 0.15) is 25.1 Å². The Balaban J connectivity index is 1.89. The molecule has 2 N–H and O–H groups in total. The maximum atomic E-state index is 11.8. The third-order valence-electron chi connectivity index (χ3n) is 3.00. The Morgan fingerprint density at radius 1 is 1.47 bits per heavy atom. The van der Waals surface area contributed by atoms with Crippen LogP contribution < -0.4 is 5.32 Å². The summed E-state index contributed by atoms with van der Waals surface area (Å²) >= 11 is 0. The lowest BCUT2D eigenvalue weighted by atomic mass is 9.95. The Morgan fingerprint density at radius 3 is 2.88 bits per heavy atom. The minimum Gasteiger partial charge on any atom is -0.481 e. The van der Waals surface area contributed by atoms with Crippen LogP contribution in [0, 0.1) is 11.8 Å². The minimum absolute atomic E-state index is 0.165. The molecule has 0 spiro atoms. The number of aliphatic carboxylic acids is 1. The van der Waals surface area contributed by atoms with Crippen LogP contribution in [0.4, 0.5) is 0 Å². The quantitative estimate of drug-likeness (QED) is 0.776. The fourth-order valence-corrected chi connectivity index (χ4v) is 2.14. The van der Waals surface area contributed by atoms with Crippen LogP contribution in [0.15, 0.2) is 10.9 Å². The van der Waals surface area contributed by atoms with E-state index in [9.17, 15) is 9.59 Å². The van der Waals surface area contributed by atoms with Gasteiger partial charge in [-0.25, -0.2) is 0 Å². The lowest BCUT2D eigenvalue weighted by Crippen LogP contribution is -2.35. The molecule has 1 amide bonds. The van der Waals surface area contributed by atoms with Crippen molar-refractivity contribution in [2.24, 2.45) is 11.8 Å². The molecule has 0 radical (unpaired) electrons. The highest BCUT2D eigenvalue weighted by Crippen LogP contribution is 2.31. The summed E-state index contributed by atoms with van der Waals surface area (Å²) in [6.45, 7) is 0.165. The Kier molecular flexibility index (Phi) is 3.36. The van der Waals surface area contributed by atoms with Crippen molar-refractivity contribution >= 4 is 11.9 Å². The van der Waals surface area contributed by atoms with Crippen LogP contribution >= 0.6 is 0 Å². The molecule has 1 aliphatic rings. The van der Waals surface area contributed by atoms with Crippen LogP contribution in [0.2, 0.25) is 0 Å². The van der Waals surface area contributed by atoms with Crippen molar-refractivity contribution in [3.05, 3.63) is 12.2 Å². The third kappa shape index (κ3) is 2.61. The van der Waals surface area contributed by atoms with Gasteiger partial charge in [-0.3, -0.25) is 9.59 Å². The number of carboxylic acid groups (broad SMARTS) is 1. The van der Waals surface area contributed by atoms with E-state index in [2.05, 4.69) is 20.0 Å². The van der Waals surface area contributed by atoms with Crippen molar-refractivity contribution in [2.75, 3.05) is 0 Å². The zero-order chi connectivity index (χ0) is 12.3. The number of amides is 1. The van der Waals surface area contributed by atoms with Crippen LogP contribution in [0.5, 0.6) is 0 Å². The summed E-state index contributed by atoms with van der Waals surface area (Å²) in [6.07, 6.45) is 3.14. The normalized spacial score (nSPS) is 23.5. The largest absolute Gasteiger partial charge is 0.481 e. The van der Waals surface area contributed by atoms with Crippen molar-refractivity contribution in [3.63, 3.8) is 0 Å². The van der Waals surface area contributed by atoms with Gasteiger partial charge in [0.05, 0.1) is 18.4 Å². The maximum Gasteiger partial charge on any atom is 0.307 e. The summed E-state index contributed by atoms with van der Waals surface area (Å²) in [5.74, 6) is -1.79. The molecule has 7 heteroatoms. The van der Waals surface area contributed by atoms with Gasteiger partial charge in [0.1, 0.15) is 0 Å². The maximum absolute atomic E-state index is 11.8. The number of nitrogens with one attached hydrogen (secondary N) is 1. The van der Waals surface area contributed by atoms with Gasteiger partial charge < -0.3 is 14.9 Å². The Hall–Kier alpha value is -1.92. The Labute approximate surface area is 97.2 Å². The topological polar surface area (TPSA) is 105 Å². The van der Waals surface area contributed by atoms with Crippen molar-refractivity contribution in [3.8, 4) is 0 Å². The number of carbonyl (C=O) groups is 2. The SMILES string of the molecule is O=C(O)[C@H]1CCC[C@H]1C(=O)NCc1ncon1. The number of carbonyl (C=O) groups excluding carboxylic acids is 1. The van der Waals surface area contributed by atoms with E-state index in [1.165, 1.54) is 6.39 Å². The molecule has 0 aromatic carbocycles. The zero-order valence-electron chi connectivity index (χ0n) is 9.13. The van der Waals surface area contributed by atoms with E-state index in [0.717, 1.165) is 6.42 Å². The summed E-state index contributed by atoms with van der Waals surface area (Å²) in [4.78, 5) is 26.5. The van der Waals surface area contributed by atoms with Crippen LogP contribution in [0.25, 0.3) is 0 Å². The lowest BCUT2D eigenvalue weighted by Gasteiger charge is -2.14. The number of aromatic nitrogens is 2. The molecule has 1 fully saturated rings. The first-order chi connectivity index (χ1) is 8.18. The van der Waals surface area contributed by atoms with Gasteiger partial charge in [0, 0.05) is 0 Å². The molecule has 1 aliphatic carbocycles. The van der Waals surface area contributed by atoms with Crippen molar-refractivity contribution in [1.82, 2.24) is 15.5 Å². The molecule has 1 saturated carbocycles. The number of hydrogen-bond donors (Lipinski definition) is 2. The highest BCUT2D eigenvalue weighted by atomic mass is 16.5. The van der Waals surface area contributed by atoms with Crippen molar-refractivity contribution in [1.29, 1.82) is 0 Å². The van der Waals surface area contributed by atoms with Crippen LogP contribution in [-0.4, -0.2) is 27.1 Å². The molecule has 2 rings (SSSR count). The van der Waals surface area contributed by atoms with E-state index in [1.807, 2.05) is 0 Å². The molecule has 0 saturated heterocycles. The van der Waals surface area contributed by atoms with Gasteiger partial charge >= 0.3 is 5.97 Å². The number of hydrogen-bond acceptors (Lipinski definition) is 5. The first kappa shape index (κ1) is 11.6. The summed E-state index contributed by atoms with van der Waals surface area (Å²) < 4.78 is 4.53. The first-order valence-corrected chi connectivity index (χ1v) is 5.44. The molecular formula is C10H13N3O4. The second-order valence-corrected chi connectivity index (χ2v) is 4.05. The smallest absolute Gasteiger partial charge is 0.307 e. The zero-order valence-corrected chi connectivity index (χ0v) is 9.13. The average Bonchev–Trinajstić information content (AvgIpc) is 2.96. The first-order valence-electron chi connectivity index (χ1n) is 5.44. The van der Waals surface area contributed by atoms with Gasteiger partial charge in [0.2, 0.25) is 12.3 Å². The van der Waals surface area contributed by atoms with E-state index < -0.39 is 17.8 Å². The molecule has 0 unspecified atom stereocenters. The molecule has 7 nitrogen and oxygen atoms in total. The fourth-order valence-electron chi connectivity index (χ4n) is 2.14. The van der Waals surface area contributed by atoms with E-state index in [1.54, 1.807) is 0 Å². The highest BCUT2D eigenvalue weighted by Gasteiger charge is 2.37. The number of carboxylic acids is 1. The van der Waals surface area contributed by atoms with Crippen LogP contribution in [-0.2, 0) is 16.1 Å². The second-order valence-electron chi connectivity index (χ2n) is 4.05. The van der Waals surface area contributed by atoms with Gasteiger partial charge in [-0.1, -0.05) is 11.6 Å². The molecule has 0 aliphatic heterocycles. The molecule has 2 atom stereocenters. The molecule has 17 heavy (non-hydrogen) atoms. The molecule has 0 bridgehead atoms. The number of rotatable bonds is 4. The molecular weight excluding hydrogens is 226 g/mol.